The summed E-state index contributed by atoms with van der Waals surface area (Å²) in [5.41, 5.74) is 0. The smallest absolute Gasteiger partial charge is 0.306 e. The first-order chi connectivity index (χ1) is 27.6. The zero-order valence-corrected chi connectivity index (χ0v) is 38.3. The van der Waals surface area contributed by atoms with Crippen LogP contribution in [0, 0.1) is 0 Å². The summed E-state index contributed by atoms with van der Waals surface area (Å²) in [6, 6.07) is -0.723. The predicted molar refractivity (Wildman–Crippen MR) is 236 cm³/mol. The highest BCUT2D eigenvalue weighted by molar-refractivity contribution is 5.70. The molecule has 0 amide bonds. The van der Waals surface area contributed by atoms with Crippen LogP contribution in [0.2, 0.25) is 0 Å². The molecular weight excluding hydrogens is 715 g/mol. The van der Waals surface area contributed by atoms with Crippen molar-refractivity contribution in [1.29, 1.82) is 0 Å². The summed E-state index contributed by atoms with van der Waals surface area (Å²) in [7, 11) is 5.41. The van der Waals surface area contributed by atoms with Gasteiger partial charge >= 0.3 is 11.9 Å². The minimum atomic E-state index is -1.12. The number of carboxylic acid groups (broad SMARTS) is 1. The van der Waals surface area contributed by atoms with Crippen molar-refractivity contribution in [3.8, 4) is 0 Å². The Labute approximate surface area is 352 Å². The third-order valence-electron chi connectivity index (χ3n) is 11.2. The second-order valence-electron chi connectivity index (χ2n) is 17.7. The molecule has 0 heterocycles. The zero-order chi connectivity index (χ0) is 42.1. The van der Waals surface area contributed by atoms with Crippen LogP contribution in [0.25, 0.3) is 0 Å². The maximum absolute atomic E-state index is 12.7. The van der Waals surface area contributed by atoms with Gasteiger partial charge in [0.2, 0.25) is 0 Å². The van der Waals surface area contributed by atoms with Gasteiger partial charge in [0.05, 0.1) is 40.3 Å². The van der Waals surface area contributed by atoms with Gasteiger partial charge in [-0.1, -0.05) is 187 Å². The minimum absolute atomic E-state index is 0.0429. The number of carbonyl (C=O) groups excluding carboxylic acids is 3. The Hall–Kier alpha value is -1.93. The molecule has 0 aromatic rings. The van der Waals surface area contributed by atoms with Crippen LogP contribution in [0.4, 0.5) is 0 Å². The number of likely N-dealkylation sites (N-methyl/N-ethyl adjacent to an activating group) is 1. The summed E-state index contributed by atoms with van der Waals surface area (Å²) in [5, 5.41) is 11.6. The predicted octanol–water partition coefficient (Wildman–Crippen LogP) is 12.1. The zero-order valence-electron chi connectivity index (χ0n) is 38.3. The highest BCUT2D eigenvalue weighted by Gasteiger charge is 2.25. The van der Waals surface area contributed by atoms with Gasteiger partial charge < -0.3 is 28.6 Å². The van der Waals surface area contributed by atoms with Gasteiger partial charge in [-0.3, -0.25) is 9.59 Å². The molecule has 336 valence electrons. The number of quaternary nitrogens is 1. The standard InChI is InChI=1S/C49H93NO7/c1-6-8-10-12-14-16-18-20-21-22-23-24-25-26-27-28-30-31-33-35-37-39-47(51)56-44-45(43-55-42-41-46(49(53)54)50(3,4)5)57-48(52)40-38-36-34-32-29-19-17-15-13-11-9-7-2/h15,17,45-46H,6-14,16,18-44H2,1-5H3/b17-15-. The lowest BCUT2D eigenvalue weighted by atomic mass is 10.0. The van der Waals surface area contributed by atoms with Crippen LogP contribution in [0.15, 0.2) is 12.2 Å². The van der Waals surface area contributed by atoms with Crippen LogP contribution in [0.5, 0.6) is 0 Å². The van der Waals surface area contributed by atoms with Crippen LogP contribution in [0.3, 0.4) is 0 Å². The van der Waals surface area contributed by atoms with Gasteiger partial charge in [0.25, 0.3) is 0 Å². The lowest BCUT2D eigenvalue weighted by Crippen LogP contribution is -2.55. The molecule has 8 nitrogen and oxygen atoms in total. The summed E-state index contributed by atoms with van der Waals surface area (Å²) >= 11 is 0. The van der Waals surface area contributed by atoms with Crippen molar-refractivity contribution >= 4 is 17.9 Å². The molecule has 0 aliphatic heterocycles. The van der Waals surface area contributed by atoms with Gasteiger partial charge in [-0.2, -0.15) is 0 Å². The van der Waals surface area contributed by atoms with E-state index < -0.39 is 18.1 Å². The first-order valence-electron chi connectivity index (χ1n) is 24.2. The number of carbonyl (C=O) groups is 3. The highest BCUT2D eigenvalue weighted by atomic mass is 16.6. The number of ether oxygens (including phenoxy) is 3. The van der Waals surface area contributed by atoms with E-state index in [1.54, 1.807) is 21.1 Å². The average Bonchev–Trinajstić information content (AvgIpc) is 3.17. The van der Waals surface area contributed by atoms with Gasteiger partial charge in [-0.25, -0.2) is 0 Å². The van der Waals surface area contributed by atoms with Crippen LogP contribution in [-0.2, 0) is 28.6 Å². The van der Waals surface area contributed by atoms with Crippen LogP contribution in [0.1, 0.15) is 232 Å². The van der Waals surface area contributed by atoms with E-state index in [0.717, 1.165) is 51.4 Å². The molecule has 0 fully saturated rings. The number of hydrogen-bond acceptors (Lipinski definition) is 7. The molecule has 0 N–H and O–H groups in total. The molecule has 57 heavy (non-hydrogen) atoms. The Balaban J connectivity index is 4.17. The Morgan fingerprint density at radius 1 is 0.509 bits per heavy atom. The molecule has 0 aliphatic rings. The van der Waals surface area contributed by atoms with E-state index in [2.05, 4.69) is 26.0 Å². The maximum Gasteiger partial charge on any atom is 0.306 e. The Kier molecular flexibility index (Phi) is 39.4. The Morgan fingerprint density at radius 3 is 1.30 bits per heavy atom. The van der Waals surface area contributed by atoms with E-state index in [1.807, 2.05) is 0 Å². The highest BCUT2D eigenvalue weighted by Crippen LogP contribution is 2.16. The van der Waals surface area contributed by atoms with E-state index in [1.165, 1.54) is 148 Å². The van der Waals surface area contributed by atoms with Gasteiger partial charge in [0.15, 0.2) is 6.10 Å². The third-order valence-corrected chi connectivity index (χ3v) is 11.2. The first-order valence-corrected chi connectivity index (χ1v) is 24.2. The maximum atomic E-state index is 12.7. The van der Waals surface area contributed by atoms with E-state index in [4.69, 9.17) is 14.2 Å². The fraction of sp³-hybridized carbons (Fsp3) is 0.898. The van der Waals surface area contributed by atoms with Crippen LogP contribution in [-0.4, -0.2) is 75.5 Å². The van der Waals surface area contributed by atoms with E-state index in [9.17, 15) is 19.5 Å². The second-order valence-corrected chi connectivity index (χ2v) is 17.7. The van der Waals surface area contributed by atoms with Gasteiger partial charge in [-0.05, 0) is 38.5 Å². The fourth-order valence-corrected chi connectivity index (χ4v) is 7.36. The molecule has 0 radical (unpaired) electrons. The Bertz CT molecular complexity index is 947. The molecule has 2 unspecified atom stereocenters. The molecular formula is C49H93NO7. The number of allylic oxidation sites excluding steroid dienone is 2. The molecule has 8 heteroatoms. The molecule has 0 aromatic carbocycles. The summed E-state index contributed by atoms with van der Waals surface area (Å²) in [6.07, 6.45) is 43.8. The number of rotatable bonds is 44. The normalized spacial score (nSPS) is 12.9. The largest absolute Gasteiger partial charge is 0.544 e. The monoisotopic (exact) mass is 808 g/mol. The van der Waals surface area contributed by atoms with Crippen molar-refractivity contribution in [3.05, 3.63) is 12.2 Å². The average molecular weight is 808 g/mol. The van der Waals surface area contributed by atoms with Crippen LogP contribution >= 0.6 is 0 Å². The van der Waals surface area contributed by atoms with E-state index >= 15 is 0 Å². The Morgan fingerprint density at radius 2 is 0.877 bits per heavy atom. The van der Waals surface area contributed by atoms with Crippen molar-refractivity contribution in [1.82, 2.24) is 0 Å². The number of unbranched alkanes of at least 4 members (excludes halogenated alkanes) is 28. The third kappa shape index (κ3) is 39.3. The number of aliphatic carboxylic acids is 1. The molecule has 0 saturated carbocycles. The first kappa shape index (κ1) is 55.1. The summed E-state index contributed by atoms with van der Waals surface area (Å²) < 4.78 is 17.2. The number of esters is 2. The summed E-state index contributed by atoms with van der Waals surface area (Å²) in [5.74, 6) is -1.73. The molecule has 0 spiro atoms. The summed E-state index contributed by atoms with van der Waals surface area (Å²) in [4.78, 5) is 36.9. The number of hydrogen-bond donors (Lipinski definition) is 0. The van der Waals surface area contributed by atoms with Crippen molar-refractivity contribution in [2.24, 2.45) is 0 Å². The van der Waals surface area contributed by atoms with Crippen molar-refractivity contribution < 1.29 is 38.2 Å². The second kappa shape index (κ2) is 40.8. The number of carboxylic acids is 1. The molecule has 0 rings (SSSR count). The van der Waals surface area contributed by atoms with Crippen molar-refractivity contribution in [2.75, 3.05) is 41.0 Å². The lowest BCUT2D eigenvalue weighted by molar-refractivity contribution is -0.889. The van der Waals surface area contributed by atoms with Crippen LogP contribution < -0.4 is 5.11 Å². The number of nitrogens with zero attached hydrogens (tertiary/aromatic N) is 1. The molecule has 0 bridgehead atoms. The fourth-order valence-electron chi connectivity index (χ4n) is 7.36. The summed E-state index contributed by atoms with van der Waals surface area (Å²) in [6.45, 7) is 4.66. The molecule has 0 aliphatic carbocycles. The SMILES string of the molecule is CCCCC/C=C\CCCCCCCC(=O)OC(COCCC(C(=O)[O-])[N+](C)(C)C)COC(=O)CCCCCCCCCCCCCCCCCCCCCCC. The van der Waals surface area contributed by atoms with E-state index in [0.29, 0.717) is 12.8 Å². The molecule has 0 aromatic heterocycles. The van der Waals surface area contributed by atoms with Gasteiger partial charge in [0, 0.05) is 19.3 Å². The van der Waals surface area contributed by atoms with E-state index in [-0.39, 0.29) is 42.7 Å². The molecule has 0 saturated heterocycles. The van der Waals surface area contributed by atoms with Crippen molar-refractivity contribution in [2.45, 2.75) is 244 Å². The van der Waals surface area contributed by atoms with Gasteiger partial charge in [-0.15, -0.1) is 0 Å². The van der Waals surface area contributed by atoms with Gasteiger partial charge in [0.1, 0.15) is 12.6 Å². The lowest BCUT2D eigenvalue weighted by Gasteiger charge is -2.34. The van der Waals surface area contributed by atoms with Crippen molar-refractivity contribution in [3.63, 3.8) is 0 Å². The quantitative estimate of drug-likeness (QED) is 0.0261. The molecule has 2 atom stereocenters. The minimum Gasteiger partial charge on any atom is -0.544 e. The topological polar surface area (TPSA) is 102 Å².